The molecule has 7 nitrogen and oxygen atoms in total. The van der Waals surface area contributed by atoms with Crippen molar-refractivity contribution in [2.24, 2.45) is 0 Å². The van der Waals surface area contributed by atoms with Gasteiger partial charge in [0.15, 0.2) is 0 Å². The van der Waals surface area contributed by atoms with Crippen LogP contribution in [0.3, 0.4) is 0 Å². The van der Waals surface area contributed by atoms with Crippen molar-refractivity contribution in [1.29, 1.82) is 0 Å². The first-order valence-electron chi connectivity index (χ1n) is 9.82. The van der Waals surface area contributed by atoms with Crippen molar-refractivity contribution in [1.82, 2.24) is 25.6 Å². The topological polar surface area (TPSA) is 88.9 Å². The lowest BCUT2D eigenvalue weighted by molar-refractivity contribution is -0.122. The summed E-state index contributed by atoms with van der Waals surface area (Å²) < 4.78 is 1.76. The molecule has 0 aliphatic rings. The third kappa shape index (κ3) is 5.07. The van der Waals surface area contributed by atoms with Crippen LogP contribution in [0.4, 0.5) is 0 Å². The Balaban J connectivity index is 1.47. The number of nitrogens with zero attached hydrogens (tertiary/aromatic N) is 3. The summed E-state index contributed by atoms with van der Waals surface area (Å²) in [4.78, 5) is 29.6. The van der Waals surface area contributed by atoms with Gasteiger partial charge in [-0.3, -0.25) is 25.1 Å². The second kappa shape index (κ2) is 9.40. The number of pyridine rings is 1. The molecule has 0 fully saturated rings. The number of amides is 2. The Labute approximate surface area is 184 Å². The van der Waals surface area contributed by atoms with E-state index in [9.17, 15) is 9.59 Å². The second-order valence-corrected chi connectivity index (χ2v) is 7.39. The molecule has 0 saturated heterocycles. The predicted molar refractivity (Wildman–Crippen MR) is 119 cm³/mol. The Kier molecular flexibility index (Phi) is 6.24. The molecule has 2 aromatic heterocycles. The molecule has 0 aliphatic heterocycles. The first kappa shape index (κ1) is 20.6. The molecule has 0 spiro atoms. The largest absolute Gasteiger partial charge is 0.273 e. The van der Waals surface area contributed by atoms with Crippen molar-refractivity contribution in [2.45, 2.75) is 19.4 Å². The van der Waals surface area contributed by atoms with Gasteiger partial charge in [0.25, 0.3) is 5.91 Å². The van der Waals surface area contributed by atoms with E-state index in [0.29, 0.717) is 40.1 Å². The van der Waals surface area contributed by atoms with Crippen molar-refractivity contribution < 1.29 is 9.59 Å². The predicted octanol–water partition coefficient (Wildman–Crippen LogP) is 3.99. The fourth-order valence-electron chi connectivity index (χ4n) is 3.22. The zero-order valence-corrected chi connectivity index (χ0v) is 17.3. The number of fused-ring (bicyclic) bond motifs is 1. The average molecular weight is 434 g/mol. The molecular weight excluding hydrogens is 414 g/mol. The minimum atomic E-state index is -0.408. The van der Waals surface area contributed by atoms with Crippen molar-refractivity contribution in [3.05, 3.63) is 83.6 Å². The van der Waals surface area contributed by atoms with Crippen LogP contribution in [0.2, 0.25) is 5.02 Å². The average Bonchev–Trinajstić information content (AvgIpc) is 3.31. The van der Waals surface area contributed by atoms with E-state index in [1.54, 1.807) is 29.1 Å². The van der Waals surface area contributed by atoms with Crippen molar-refractivity contribution in [3.63, 3.8) is 0 Å². The first-order valence-corrected chi connectivity index (χ1v) is 10.2. The smallest absolute Gasteiger partial charge is 0.270 e. The van der Waals surface area contributed by atoms with Gasteiger partial charge in [-0.1, -0.05) is 41.9 Å². The van der Waals surface area contributed by atoms with Gasteiger partial charge in [0, 0.05) is 41.3 Å². The number of hydrazine groups is 1. The zero-order chi connectivity index (χ0) is 21.6. The first-order chi connectivity index (χ1) is 15.1. The van der Waals surface area contributed by atoms with Gasteiger partial charge in [-0.25, -0.2) is 4.98 Å². The minimum absolute atomic E-state index is 0.267. The number of hydrogen-bond donors (Lipinski definition) is 2. The summed E-state index contributed by atoms with van der Waals surface area (Å²) in [6.45, 7) is 0.633. The van der Waals surface area contributed by atoms with Gasteiger partial charge in [-0.15, -0.1) is 0 Å². The molecule has 0 atom stereocenters. The summed E-state index contributed by atoms with van der Waals surface area (Å²) in [5.74, 6) is -0.675. The molecule has 0 aliphatic carbocycles. The summed E-state index contributed by atoms with van der Waals surface area (Å²) in [6, 6.07) is 18.2. The number of para-hydroxylation sites is 1. The van der Waals surface area contributed by atoms with Gasteiger partial charge in [0.05, 0.1) is 16.8 Å². The molecule has 156 valence electrons. The van der Waals surface area contributed by atoms with Gasteiger partial charge >= 0.3 is 0 Å². The molecule has 0 radical (unpaired) electrons. The van der Waals surface area contributed by atoms with Crippen LogP contribution in [0, 0.1) is 0 Å². The third-order valence-corrected chi connectivity index (χ3v) is 5.02. The Hall–Kier alpha value is -3.71. The molecule has 31 heavy (non-hydrogen) atoms. The summed E-state index contributed by atoms with van der Waals surface area (Å²) in [5.41, 5.74) is 7.59. The number of rotatable bonds is 6. The van der Waals surface area contributed by atoms with Crippen LogP contribution >= 0.6 is 11.6 Å². The molecular formula is C23H20ClN5O2. The molecule has 4 aromatic rings. The standard InChI is InChI=1S/C23H20ClN5O2/c24-17-10-8-16(9-11-17)21-15-19(18-5-1-2-6-20(18)26-21)23(31)28-27-22(30)7-3-13-29-14-4-12-25-29/h1-2,4-6,8-12,14-15H,3,7,13H2,(H,27,30)(H,28,31). The lowest BCUT2D eigenvalue weighted by Crippen LogP contribution is -2.41. The summed E-state index contributed by atoms with van der Waals surface area (Å²) >= 11 is 5.98. The van der Waals surface area contributed by atoms with Gasteiger partial charge in [0.1, 0.15) is 0 Å². The number of hydrogen-bond acceptors (Lipinski definition) is 4. The van der Waals surface area contributed by atoms with Crippen LogP contribution in [-0.4, -0.2) is 26.6 Å². The Morgan fingerprint density at radius 1 is 1.00 bits per heavy atom. The quantitative estimate of drug-likeness (QED) is 0.450. The third-order valence-electron chi connectivity index (χ3n) is 4.77. The maximum Gasteiger partial charge on any atom is 0.270 e. The number of carbonyl (C=O) groups excluding carboxylic acids is 2. The number of aryl methyl sites for hydroxylation is 1. The van der Waals surface area contributed by atoms with E-state index in [1.807, 2.05) is 48.7 Å². The molecule has 2 N–H and O–H groups in total. The van der Waals surface area contributed by atoms with Crippen LogP contribution in [0.25, 0.3) is 22.2 Å². The van der Waals surface area contributed by atoms with Gasteiger partial charge in [-0.2, -0.15) is 5.10 Å². The maximum absolute atomic E-state index is 12.9. The Morgan fingerprint density at radius 2 is 1.81 bits per heavy atom. The molecule has 2 aromatic carbocycles. The van der Waals surface area contributed by atoms with E-state index in [0.717, 1.165) is 5.56 Å². The molecule has 2 heterocycles. The molecule has 0 saturated carbocycles. The van der Waals surface area contributed by atoms with E-state index < -0.39 is 5.91 Å². The van der Waals surface area contributed by atoms with Crippen LogP contribution in [-0.2, 0) is 11.3 Å². The van der Waals surface area contributed by atoms with E-state index in [1.165, 1.54) is 0 Å². The van der Waals surface area contributed by atoms with Crippen LogP contribution in [0.1, 0.15) is 23.2 Å². The molecule has 4 rings (SSSR count). The van der Waals surface area contributed by atoms with E-state index in [4.69, 9.17) is 11.6 Å². The van der Waals surface area contributed by atoms with Crippen LogP contribution in [0.15, 0.2) is 73.1 Å². The second-order valence-electron chi connectivity index (χ2n) is 6.95. The van der Waals surface area contributed by atoms with Crippen LogP contribution in [0.5, 0.6) is 0 Å². The minimum Gasteiger partial charge on any atom is -0.273 e. The van der Waals surface area contributed by atoms with Crippen molar-refractivity contribution in [2.75, 3.05) is 0 Å². The normalized spacial score (nSPS) is 10.7. The van der Waals surface area contributed by atoms with E-state index >= 15 is 0 Å². The van der Waals surface area contributed by atoms with Gasteiger partial charge < -0.3 is 0 Å². The highest BCUT2D eigenvalue weighted by molar-refractivity contribution is 6.30. The number of halogens is 1. The lowest BCUT2D eigenvalue weighted by atomic mass is 10.0. The highest BCUT2D eigenvalue weighted by Gasteiger charge is 2.14. The van der Waals surface area contributed by atoms with Gasteiger partial charge in [-0.05, 0) is 36.8 Å². The Morgan fingerprint density at radius 3 is 2.58 bits per heavy atom. The molecule has 2 amide bonds. The summed E-state index contributed by atoms with van der Waals surface area (Å²) in [7, 11) is 0. The lowest BCUT2D eigenvalue weighted by Gasteiger charge is -2.11. The van der Waals surface area contributed by atoms with E-state index in [-0.39, 0.29) is 12.3 Å². The Bertz CT molecular complexity index is 1210. The van der Waals surface area contributed by atoms with Crippen molar-refractivity contribution in [3.8, 4) is 11.3 Å². The highest BCUT2D eigenvalue weighted by Crippen LogP contribution is 2.25. The SMILES string of the molecule is O=C(CCCn1cccn1)NNC(=O)c1cc(-c2ccc(Cl)cc2)nc2ccccc12. The summed E-state index contributed by atoms with van der Waals surface area (Å²) in [5, 5.41) is 5.42. The van der Waals surface area contributed by atoms with Crippen LogP contribution < -0.4 is 10.9 Å². The fourth-order valence-corrected chi connectivity index (χ4v) is 3.35. The highest BCUT2D eigenvalue weighted by atomic mass is 35.5. The molecule has 8 heteroatoms. The zero-order valence-electron chi connectivity index (χ0n) is 16.6. The summed E-state index contributed by atoms with van der Waals surface area (Å²) in [6.07, 6.45) is 4.42. The maximum atomic E-state index is 12.9. The molecule has 0 unspecified atom stereocenters. The van der Waals surface area contributed by atoms with Gasteiger partial charge in [0.2, 0.25) is 5.91 Å². The number of nitrogens with one attached hydrogen (secondary N) is 2. The number of benzene rings is 2. The number of aromatic nitrogens is 3. The van der Waals surface area contributed by atoms with E-state index in [2.05, 4.69) is 20.9 Å². The van der Waals surface area contributed by atoms with Crippen molar-refractivity contribution >= 4 is 34.3 Å². The molecule has 0 bridgehead atoms. The number of carbonyl (C=O) groups is 2. The fraction of sp³-hybridized carbons (Fsp3) is 0.130. The monoisotopic (exact) mass is 433 g/mol.